The summed E-state index contributed by atoms with van der Waals surface area (Å²) in [6.45, 7) is 4.91. The van der Waals surface area contributed by atoms with Crippen LogP contribution in [0.1, 0.15) is 46.0 Å². The number of fused-ring (bicyclic) bond motifs is 5. The molecule has 0 aliphatic heterocycles. The van der Waals surface area contributed by atoms with Gasteiger partial charge in [0.2, 0.25) is 0 Å². The van der Waals surface area contributed by atoms with Crippen molar-refractivity contribution in [3.05, 3.63) is 96.2 Å². The van der Waals surface area contributed by atoms with Crippen molar-refractivity contribution in [3.8, 4) is 0 Å². The van der Waals surface area contributed by atoms with Gasteiger partial charge in [-0.05, 0) is 64.9 Å². The van der Waals surface area contributed by atoms with E-state index in [1.165, 1.54) is 32.1 Å². The van der Waals surface area contributed by atoms with E-state index in [9.17, 15) is 0 Å². The predicted octanol–water partition coefficient (Wildman–Crippen LogP) is 8.41. The van der Waals surface area contributed by atoms with Gasteiger partial charge in [-0.15, -0.1) is 0 Å². The Morgan fingerprint density at radius 2 is 1.21 bits per heavy atom. The predicted molar refractivity (Wildman–Crippen MR) is 140 cm³/mol. The quantitative estimate of drug-likeness (QED) is 0.407. The van der Waals surface area contributed by atoms with Crippen LogP contribution in [-0.4, -0.2) is 0 Å². The Labute approximate surface area is 201 Å². The van der Waals surface area contributed by atoms with Crippen LogP contribution in [0.15, 0.2) is 96.2 Å². The molecule has 0 saturated heterocycles. The molecule has 33 heavy (non-hydrogen) atoms. The third-order valence-electron chi connectivity index (χ3n) is 9.79. The van der Waals surface area contributed by atoms with Gasteiger partial charge in [-0.1, -0.05) is 125 Å². The summed E-state index contributed by atoms with van der Waals surface area (Å²) in [6, 6.07) is 0. The molecule has 0 nitrogen and oxygen atoms in total. The fraction of sp³-hybridized carbons (Fsp3) is 0.515. The Balaban J connectivity index is 1.52. The van der Waals surface area contributed by atoms with Gasteiger partial charge in [0, 0.05) is 11.8 Å². The van der Waals surface area contributed by atoms with E-state index in [1.807, 2.05) is 0 Å². The van der Waals surface area contributed by atoms with E-state index in [0.29, 0.717) is 47.3 Å². The second-order valence-electron chi connectivity index (χ2n) is 11.6. The summed E-state index contributed by atoms with van der Waals surface area (Å²) in [7, 11) is 0. The fourth-order valence-corrected chi connectivity index (χ4v) is 8.14. The van der Waals surface area contributed by atoms with Gasteiger partial charge in [0.05, 0.1) is 0 Å². The van der Waals surface area contributed by atoms with Crippen molar-refractivity contribution in [2.75, 3.05) is 0 Å². The van der Waals surface area contributed by atoms with E-state index >= 15 is 0 Å². The van der Waals surface area contributed by atoms with Gasteiger partial charge in [0.15, 0.2) is 0 Å². The molecule has 0 spiro atoms. The number of hydrogen-bond donors (Lipinski definition) is 0. The molecule has 0 aromatic carbocycles. The van der Waals surface area contributed by atoms with Crippen molar-refractivity contribution >= 4 is 0 Å². The summed E-state index contributed by atoms with van der Waals surface area (Å²) in [4.78, 5) is 0. The van der Waals surface area contributed by atoms with Crippen molar-refractivity contribution < 1.29 is 0 Å². The molecule has 10 atom stereocenters. The van der Waals surface area contributed by atoms with E-state index in [2.05, 4.69) is 98.9 Å². The smallest absolute Gasteiger partial charge is 0.00868 e. The minimum absolute atomic E-state index is 0.493. The van der Waals surface area contributed by atoms with Crippen LogP contribution in [-0.2, 0) is 0 Å². The third kappa shape index (κ3) is 3.74. The molecular weight excluding hydrogens is 396 g/mol. The molecule has 0 amide bonds. The lowest BCUT2D eigenvalue weighted by Gasteiger charge is -2.45. The average Bonchev–Trinajstić information content (AvgIpc) is 2.92. The van der Waals surface area contributed by atoms with Gasteiger partial charge in [0.25, 0.3) is 0 Å². The SMILES string of the molecule is CCCC1CCCC(C)C2C=CC3=CC2C2C=C(C=CC12)C1C=CC=CC1C1C=CC=CC31. The van der Waals surface area contributed by atoms with Gasteiger partial charge in [0.1, 0.15) is 0 Å². The molecule has 10 unspecified atom stereocenters. The summed E-state index contributed by atoms with van der Waals surface area (Å²) >= 11 is 0. The summed E-state index contributed by atoms with van der Waals surface area (Å²) in [6.07, 6.45) is 41.9. The van der Waals surface area contributed by atoms with E-state index in [4.69, 9.17) is 0 Å². The summed E-state index contributed by atoms with van der Waals surface area (Å²) < 4.78 is 0. The molecule has 0 aromatic heterocycles. The molecule has 0 N–H and O–H groups in total. The van der Waals surface area contributed by atoms with Gasteiger partial charge in [-0.3, -0.25) is 0 Å². The Bertz CT molecular complexity index is 991. The highest BCUT2D eigenvalue weighted by molar-refractivity contribution is 5.42. The largest absolute Gasteiger partial charge is 0.0803 e. The lowest BCUT2D eigenvalue weighted by Crippen LogP contribution is -2.37. The Morgan fingerprint density at radius 3 is 1.85 bits per heavy atom. The first-order valence-electron chi connectivity index (χ1n) is 13.7. The molecular formula is C33H40. The molecule has 0 aromatic rings. The van der Waals surface area contributed by atoms with Crippen LogP contribution in [0.3, 0.4) is 0 Å². The van der Waals surface area contributed by atoms with Gasteiger partial charge in [-0.25, -0.2) is 0 Å². The molecule has 1 fully saturated rings. The van der Waals surface area contributed by atoms with Crippen LogP contribution < -0.4 is 0 Å². The molecule has 6 rings (SSSR count). The normalized spacial score (nSPS) is 44.8. The zero-order chi connectivity index (χ0) is 22.4. The minimum atomic E-state index is 0.493. The number of hydrogen-bond acceptors (Lipinski definition) is 0. The standard InChI is InChI=1S/C33H40/c1-3-9-23-11-8-10-22(2)26-18-16-24-20-32(26)33-21-25(17-19-29(23)33)28-13-5-7-15-31(28)30-14-6-4-12-27(24)30/h4-7,12-23,26-33H,3,8-11H2,1-2H3. The monoisotopic (exact) mass is 436 g/mol. The van der Waals surface area contributed by atoms with Crippen molar-refractivity contribution in [2.24, 2.45) is 59.2 Å². The summed E-state index contributed by atoms with van der Waals surface area (Å²) in [5.74, 6) is 6.25. The second kappa shape index (κ2) is 8.94. The van der Waals surface area contributed by atoms with Crippen LogP contribution in [0.25, 0.3) is 0 Å². The Hall–Kier alpha value is -2.08. The fourth-order valence-electron chi connectivity index (χ4n) is 8.14. The van der Waals surface area contributed by atoms with Crippen molar-refractivity contribution in [1.29, 1.82) is 0 Å². The zero-order valence-electron chi connectivity index (χ0n) is 20.4. The highest BCUT2D eigenvalue weighted by Gasteiger charge is 2.43. The average molecular weight is 437 g/mol. The molecule has 6 aliphatic rings. The van der Waals surface area contributed by atoms with Crippen molar-refractivity contribution in [1.82, 2.24) is 0 Å². The molecule has 6 aliphatic carbocycles. The van der Waals surface area contributed by atoms with Crippen LogP contribution in [0.5, 0.6) is 0 Å². The van der Waals surface area contributed by atoms with Crippen LogP contribution in [0.2, 0.25) is 0 Å². The molecule has 172 valence electrons. The van der Waals surface area contributed by atoms with E-state index in [-0.39, 0.29) is 0 Å². The van der Waals surface area contributed by atoms with Gasteiger partial charge in [-0.2, -0.15) is 0 Å². The van der Waals surface area contributed by atoms with Gasteiger partial charge < -0.3 is 0 Å². The minimum Gasteiger partial charge on any atom is -0.0803 e. The Morgan fingerprint density at radius 1 is 0.636 bits per heavy atom. The lowest BCUT2D eigenvalue weighted by atomic mass is 9.59. The maximum absolute atomic E-state index is 2.76. The maximum atomic E-state index is 2.76. The maximum Gasteiger partial charge on any atom is 0.00868 e. The summed E-state index contributed by atoms with van der Waals surface area (Å²) in [5, 5.41) is 0. The molecule has 1 saturated carbocycles. The van der Waals surface area contributed by atoms with Crippen LogP contribution in [0, 0.1) is 59.2 Å². The van der Waals surface area contributed by atoms with Crippen LogP contribution >= 0.6 is 0 Å². The topological polar surface area (TPSA) is 0 Å². The lowest BCUT2D eigenvalue weighted by molar-refractivity contribution is 0.204. The van der Waals surface area contributed by atoms with E-state index in [1.54, 1.807) is 11.1 Å². The summed E-state index contributed by atoms with van der Waals surface area (Å²) in [5.41, 5.74) is 3.16. The highest BCUT2D eigenvalue weighted by Crippen LogP contribution is 2.52. The van der Waals surface area contributed by atoms with Crippen molar-refractivity contribution in [3.63, 3.8) is 0 Å². The molecule has 0 heterocycles. The molecule has 4 bridgehead atoms. The van der Waals surface area contributed by atoms with E-state index in [0.717, 1.165) is 11.8 Å². The van der Waals surface area contributed by atoms with E-state index < -0.39 is 0 Å². The highest BCUT2D eigenvalue weighted by atomic mass is 14.5. The Kier molecular flexibility index (Phi) is 5.81. The first-order chi connectivity index (χ1) is 16.2. The van der Waals surface area contributed by atoms with Crippen molar-refractivity contribution in [2.45, 2.75) is 46.0 Å². The third-order valence-corrected chi connectivity index (χ3v) is 9.79. The molecule has 0 heteroatoms. The molecule has 0 radical (unpaired) electrons. The second-order valence-corrected chi connectivity index (χ2v) is 11.6. The first-order valence-corrected chi connectivity index (χ1v) is 13.7. The number of allylic oxidation sites excluding steroid dienone is 16. The van der Waals surface area contributed by atoms with Gasteiger partial charge >= 0.3 is 0 Å². The number of rotatable bonds is 2. The van der Waals surface area contributed by atoms with Crippen LogP contribution in [0.4, 0.5) is 0 Å². The first kappa shape index (κ1) is 21.5. The zero-order valence-corrected chi connectivity index (χ0v) is 20.4.